The van der Waals surface area contributed by atoms with Gasteiger partial charge in [0, 0.05) is 6.54 Å². The summed E-state index contributed by atoms with van der Waals surface area (Å²) in [7, 11) is 0. The van der Waals surface area contributed by atoms with Crippen molar-refractivity contribution in [3.8, 4) is 5.75 Å². The Labute approximate surface area is 87.5 Å². The number of aliphatic hydroxyl groups is 1. The lowest BCUT2D eigenvalue weighted by Crippen LogP contribution is -2.35. The van der Waals surface area contributed by atoms with Crippen molar-refractivity contribution in [3.63, 3.8) is 0 Å². The van der Waals surface area contributed by atoms with Gasteiger partial charge in [0.15, 0.2) is 0 Å². The first-order chi connectivity index (χ1) is 7.15. The summed E-state index contributed by atoms with van der Waals surface area (Å²) in [5.74, 6) is -0.226. The molecule has 0 bridgehead atoms. The first kappa shape index (κ1) is 11.5. The van der Waals surface area contributed by atoms with Crippen molar-refractivity contribution in [2.75, 3.05) is 13.2 Å². The smallest absolute Gasteiger partial charge is 0.241 e. The van der Waals surface area contributed by atoms with Crippen LogP contribution in [0.4, 0.5) is 0 Å². The Morgan fingerprint density at radius 3 is 2.53 bits per heavy atom. The molecule has 0 aliphatic carbocycles. The van der Waals surface area contributed by atoms with Crippen LogP contribution in [0, 0.1) is 0 Å². The number of aliphatic hydroxyl groups excluding tert-OH is 1. The molecule has 82 valence electrons. The summed E-state index contributed by atoms with van der Waals surface area (Å²) in [6.45, 7) is 0.0681. The minimum atomic E-state index is -0.780. The van der Waals surface area contributed by atoms with Gasteiger partial charge in [-0.3, -0.25) is 4.79 Å². The summed E-state index contributed by atoms with van der Waals surface area (Å²) in [6.07, 6.45) is 0. The van der Waals surface area contributed by atoms with Crippen molar-refractivity contribution in [1.82, 2.24) is 5.32 Å². The number of phenols is 1. The molecule has 5 nitrogen and oxygen atoms in total. The molecule has 0 saturated carbocycles. The lowest BCUT2D eigenvalue weighted by molar-refractivity contribution is -0.122. The fourth-order valence-corrected chi connectivity index (χ4v) is 1.12. The first-order valence-electron chi connectivity index (χ1n) is 4.58. The largest absolute Gasteiger partial charge is 0.508 e. The van der Waals surface area contributed by atoms with Crippen molar-refractivity contribution in [2.45, 2.75) is 6.04 Å². The quantitative estimate of drug-likeness (QED) is 0.538. The number of nitrogens with two attached hydrogens (primary N) is 1. The maximum absolute atomic E-state index is 11.4. The van der Waals surface area contributed by atoms with Crippen molar-refractivity contribution in [3.05, 3.63) is 29.8 Å². The number of hydrogen-bond acceptors (Lipinski definition) is 4. The van der Waals surface area contributed by atoms with Gasteiger partial charge in [0.2, 0.25) is 5.91 Å². The average molecular weight is 210 g/mol. The zero-order chi connectivity index (χ0) is 11.3. The fraction of sp³-hybridized carbons (Fsp3) is 0.300. The number of amides is 1. The lowest BCUT2D eigenvalue weighted by Gasteiger charge is -2.11. The minimum absolute atomic E-state index is 0.117. The molecule has 0 aromatic heterocycles. The van der Waals surface area contributed by atoms with Crippen LogP contribution in [0.5, 0.6) is 5.75 Å². The minimum Gasteiger partial charge on any atom is -0.508 e. The van der Waals surface area contributed by atoms with Gasteiger partial charge in [0.25, 0.3) is 0 Å². The van der Waals surface area contributed by atoms with E-state index in [1.165, 1.54) is 12.1 Å². The highest BCUT2D eigenvalue weighted by atomic mass is 16.3. The zero-order valence-electron chi connectivity index (χ0n) is 8.18. The summed E-state index contributed by atoms with van der Waals surface area (Å²) < 4.78 is 0. The average Bonchev–Trinajstić information content (AvgIpc) is 2.26. The predicted molar refractivity (Wildman–Crippen MR) is 55.1 cm³/mol. The Kier molecular flexibility index (Phi) is 4.08. The van der Waals surface area contributed by atoms with Crippen molar-refractivity contribution in [2.24, 2.45) is 5.73 Å². The fourth-order valence-electron chi connectivity index (χ4n) is 1.12. The Bertz CT molecular complexity index is 324. The number of nitrogens with one attached hydrogen (secondary N) is 1. The van der Waals surface area contributed by atoms with Crippen molar-refractivity contribution < 1.29 is 15.0 Å². The predicted octanol–water partition coefficient (Wildman–Crippen LogP) is -0.500. The summed E-state index contributed by atoms with van der Waals surface area (Å²) >= 11 is 0. The molecule has 0 unspecified atom stereocenters. The lowest BCUT2D eigenvalue weighted by atomic mass is 10.1. The number of carbonyl (C=O) groups is 1. The van der Waals surface area contributed by atoms with E-state index < -0.39 is 6.04 Å². The zero-order valence-corrected chi connectivity index (χ0v) is 8.18. The second-order valence-corrected chi connectivity index (χ2v) is 3.08. The van der Waals surface area contributed by atoms with Crippen LogP contribution in [0.1, 0.15) is 11.6 Å². The van der Waals surface area contributed by atoms with E-state index in [4.69, 9.17) is 15.9 Å². The molecule has 1 aromatic carbocycles. The SMILES string of the molecule is N[C@@H](C(=O)NCCO)c1ccc(O)cc1. The van der Waals surface area contributed by atoms with Gasteiger partial charge < -0.3 is 21.3 Å². The molecule has 0 heterocycles. The van der Waals surface area contributed by atoms with E-state index in [-0.39, 0.29) is 24.8 Å². The Balaban J connectivity index is 2.63. The molecule has 15 heavy (non-hydrogen) atoms. The molecular weight excluding hydrogens is 196 g/mol. The highest BCUT2D eigenvalue weighted by molar-refractivity contribution is 5.82. The molecule has 0 aliphatic heterocycles. The molecule has 0 saturated heterocycles. The molecule has 1 amide bonds. The van der Waals surface area contributed by atoms with Crippen LogP contribution >= 0.6 is 0 Å². The van der Waals surface area contributed by atoms with Gasteiger partial charge in [-0.2, -0.15) is 0 Å². The standard InChI is InChI=1S/C10H14N2O3/c11-9(10(15)12-5-6-13)7-1-3-8(14)4-2-7/h1-4,9,13-14H,5-6,11H2,(H,12,15)/t9-/m1/s1. The van der Waals surface area contributed by atoms with Gasteiger partial charge in [-0.1, -0.05) is 12.1 Å². The van der Waals surface area contributed by atoms with Crippen LogP contribution in [0.25, 0.3) is 0 Å². The van der Waals surface area contributed by atoms with Gasteiger partial charge in [0.05, 0.1) is 6.61 Å². The van der Waals surface area contributed by atoms with E-state index in [2.05, 4.69) is 5.32 Å². The second-order valence-electron chi connectivity index (χ2n) is 3.08. The summed E-state index contributed by atoms with van der Waals surface area (Å²) in [4.78, 5) is 11.4. The van der Waals surface area contributed by atoms with Crippen molar-refractivity contribution in [1.29, 1.82) is 0 Å². The normalized spacial score (nSPS) is 12.1. The third-order valence-electron chi connectivity index (χ3n) is 1.95. The van der Waals surface area contributed by atoms with E-state index in [0.717, 1.165) is 0 Å². The molecule has 1 rings (SSSR count). The molecule has 0 fully saturated rings. The Morgan fingerprint density at radius 1 is 1.40 bits per heavy atom. The Morgan fingerprint density at radius 2 is 2.00 bits per heavy atom. The highest BCUT2D eigenvalue weighted by Gasteiger charge is 2.14. The maximum Gasteiger partial charge on any atom is 0.241 e. The van der Waals surface area contributed by atoms with Crippen LogP contribution in [0.3, 0.4) is 0 Å². The molecule has 0 radical (unpaired) electrons. The van der Waals surface area contributed by atoms with Gasteiger partial charge in [-0.05, 0) is 17.7 Å². The summed E-state index contributed by atoms with van der Waals surface area (Å²) in [6, 6.07) is 5.32. The van der Waals surface area contributed by atoms with E-state index in [1.54, 1.807) is 12.1 Å². The molecule has 0 aliphatic rings. The molecule has 1 aromatic rings. The molecule has 5 heteroatoms. The molecule has 1 atom stereocenters. The number of hydrogen-bond donors (Lipinski definition) is 4. The Hall–Kier alpha value is -1.59. The molecule has 5 N–H and O–H groups in total. The van der Waals surface area contributed by atoms with Crippen molar-refractivity contribution >= 4 is 5.91 Å². The van der Waals surface area contributed by atoms with E-state index >= 15 is 0 Å². The molecule has 0 spiro atoms. The maximum atomic E-state index is 11.4. The van der Waals surface area contributed by atoms with Crippen LogP contribution in [-0.4, -0.2) is 29.3 Å². The number of aromatic hydroxyl groups is 1. The monoisotopic (exact) mass is 210 g/mol. The molecular formula is C10H14N2O3. The van der Waals surface area contributed by atoms with Crippen LogP contribution < -0.4 is 11.1 Å². The van der Waals surface area contributed by atoms with Crippen LogP contribution in [0.15, 0.2) is 24.3 Å². The highest BCUT2D eigenvalue weighted by Crippen LogP contribution is 2.14. The van der Waals surface area contributed by atoms with E-state index in [9.17, 15) is 4.79 Å². The number of rotatable bonds is 4. The van der Waals surface area contributed by atoms with Gasteiger partial charge >= 0.3 is 0 Å². The number of benzene rings is 1. The van der Waals surface area contributed by atoms with Gasteiger partial charge in [0.1, 0.15) is 11.8 Å². The third kappa shape index (κ3) is 3.23. The van der Waals surface area contributed by atoms with Crippen LogP contribution in [0.2, 0.25) is 0 Å². The van der Waals surface area contributed by atoms with Crippen LogP contribution in [-0.2, 0) is 4.79 Å². The summed E-state index contributed by atoms with van der Waals surface area (Å²) in [5.41, 5.74) is 6.27. The second kappa shape index (κ2) is 5.33. The van der Waals surface area contributed by atoms with Gasteiger partial charge in [-0.15, -0.1) is 0 Å². The third-order valence-corrected chi connectivity index (χ3v) is 1.95. The van der Waals surface area contributed by atoms with Gasteiger partial charge in [-0.25, -0.2) is 0 Å². The summed E-state index contributed by atoms with van der Waals surface area (Å²) in [5, 5.41) is 20.0. The first-order valence-corrected chi connectivity index (χ1v) is 4.58. The number of carbonyl (C=O) groups excluding carboxylic acids is 1. The number of phenolic OH excluding ortho intramolecular Hbond substituents is 1. The van der Waals surface area contributed by atoms with E-state index in [1.807, 2.05) is 0 Å². The topological polar surface area (TPSA) is 95.6 Å². The van der Waals surface area contributed by atoms with E-state index in [0.29, 0.717) is 5.56 Å².